The summed E-state index contributed by atoms with van der Waals surface area (Å²) in [4.78, 5) is 15.2. The van der Waals surface area contributed by atoms with Crippen LogP contribution in [0, 0.1) is 0 Å². The molecule has 3 aromatic rings. The Balaban J connectivity index is 1.47. The van der Waals surface area contributed by atoms with E-state index < -0.39 is 0 Å². The number of carbonyl (C=O) groups is 1. The molecule has 4 nitrogen and oxygen atoms in total. The van der Waals surface area contributed by atoms with E-state index in [4.69, 9.17) is 0 Å². The van der Waals surface area contributed by atoms with Gasteiger partial charge in [-0.3, -0.25) is 10.2 Å². The van der Waals surface area contributed by atoms with Crippen LogP contribution in [-0.2, 0) is 17.6 Å². The summed E-state index contributed by atoms with van der Waals surface area (Å²) >= 11 is 0. The van der Waals surface area contributed by atoms with Gasteiger partial charge in [0.15, 0.2) is 0 Å². The van der Waals surface area contributed by atoms with Gasteiger partial charge in [0.2, 0.25) is 5.91 Å². The van der Waals surface area contributed by atoms with Crippen LogP contribution in [0.3, 0.4) is 0 Å². The first-order chi connectivity index (χ1) is 10.8. The molecule has 0 aliphatic rings. The summed E-state index contributed by atoms with van der Waals surface area (Å²) in [6, 6.07) is 18.2. The van der Waals surface area contributed by atoms with Crippen LogP contribution in [-0.4, -0.2) is 17.4 Å². The summed E-state index contributed by atoms with van der Waals surface area (Å²) in [5.41, 5.74) is 9.06. The van der Waals surface area contributed by atoms with Gasteiger partial charge in [-0.15, -0.1) is 0 Å². The lowest BCUT2D eigenvalue weighted by Crippen LogP contribution is -2.39. The van der Waals surface area contributed by atoms with E-state index in [1.807, 2.05) is 48.7 Å². The molecular weight excluding hydrogens is 274 g/mol. The van der Waals surface area contributed by atoms with Gasteiger partial charge in [-0.2, -0.15) is 0 Å². The normalized spacial score (nSPS) is 10.7. The fourth-order valence-corrected chi connectivity index (χ4v) is 2.51. The van der Waals surface area contributed by atoms with Crippen molar-refractivity contribution < 1.29 is 4.79 Å². The van der Waals surface area contributed by atoms with Crippen molar-refractivity contribution in [2.45, 2.75) is 12.8 Å². The molecule has 0 unspecified atom stereocenters. The highest BCUT2D eigenvalue weighted by molar-refractivity contribution is 5.88. The minimum absolute atomic E-state index is 0.0298. The number of H-pyrrole nitrogens is 1. The maximum absolute atomic E-state index is 12.0. The standard InChI is InChI=1S/C18H19N3O/c22-18(21-20-11-10-14-6-2-1-3-7-14)12-15-13-19-17-9-5-4-8-16(15)17/h1-9,13,19-20H,10-12H2,(H,21,22). The molecule has 3 N–H and O–H groups in total. The first-order valence-electron chi connectivity index (χ1n) is 7.43. The van der Waals surface area contributed by atoms with E-state index in [1.165, 1.54) is 5.56 Å². The third-order valence-electron chi connectivity index (χ3n) is 3.64. The zero-order chi connectivity index (χ0) is 15.2. The van der Waals surface area contributed by atoms with Crippen LogP contribution in [0.5, 0.6) is 0 Å². The highest BCUT2D eigenvalue weighted by Crippen LogP contribution is 2.17. The third kappa shape index (κ3) is 3.54. The molecule has 22 heavy (non-hydrogen) atoms. The molecule has 0 fully saturated rings. The molecule has 3 rings (SSSR count). The summed E-state index contributed by atoms with van der Waals surface area (Å²) in [6.07, 6.45) is 3.14. The van der Waals surface area contributed by atoms with Crippen LogP contribution in [0.4, 0.5) is 0 Å². The molecule has 1 amide bonds. The van der Waals surface area contributed by atoms with Crippen molar-refractivity contribution >= 4 is 16.8 Å². The number of hydrogen-bond acceptors (Lipinski definition) is 2. The molecule has 112 valence electrons. The topological polar surface area (TPSA) is 56.9 Å². The fourth-order valence-electron chi connectivity index (χ4n) is 2.51. The Hall–Kier alpha value is -2.59. The smallest absolute Gasteiger partial charge is 0.238 e. The number of aromatic nitrogens is 1. The SMILES string of the molecule is O=C(Cc1c[nH]c2ccccc12)NNCCc1ccccc1. The zero-order valence-electron chi connectivity index (χ0n) is 12.3. The minimum atomic E-state index is -0.0298. The molecule has 4 heteroatoms. The highest BCUT2D eigenvalue weighted by atomic mass is 16.2. The maximum Gasteiger partial charge on any atom is 0.238 e. The van der Waals surface area contributed by atoms with E-state index in [-0.39, 0.29) is 5.91 Å². The van der Waals surface area contributed by atoms with Gasteiger partial charge < -0.3 is 4.98 Å². The molecular formula is C18H19N3O. The second-order valence-electron chi connectivity index (χ2n) is 5.25. The van der Waals surface area contributed by atoms with E-state index in [2.05, 4.69) is 28.0 Å². The molecule has 0 aliphatic carbocycles. The van der Waals surface area contributed by atoms with Gasteiger partial charge in [-0.05, 0) is 23.6 Å². The molecule has 0 saturated carbocycles. The number of para-hydroxylation sites is 1. The second-order valence-corrected chi connectivity index (χ2v) is 5.25. The van der Waals surface area contributed by atoms with Gasteiger partial charge in [0.05, 0.1) is 6.42 Å². The molecule has 2 aromatic carbocycles. The summed E-state index contributed by atoms with van der Waals surface area (Å²) in [6.45, 7) is 0.712. The number of aromatic amines is 1. The quantitative estimate of drug-likeness (QED) is 0.483. The Morgan fingerprint density at radius 3 is 2.64 bits per heavy atom. The molecule has 0 atom stereocenters. The van der Waals surface area contributed by atoms with Crippen molar-refractivity contribution in [2.24, 2.45) is 0 Å². The Labute approximate surface area is 129 Å². The molecule has 1 heterocycles. The maximum atomic E-state index is 12.0. The number of amides is 1. The highest BCUT2D eigenvalue weighted by Gasteiger charge is 2.07. The van der Waals surface area contributed by atoms with Crippen LogP contribution in [0.15, 0.2) is 60.8 Å². The molecule has 0 bridgehead atoms. The fraction of sp³-hybridized carbons (Fsp3) is 0.167. The number of hydrogen-bond donors (Lipinski definition) is 3. The first kappa shape index (κ1) is 14.4. The van der Waals surface area contributed by atoms with Gasteiger partial charge in [0, 0.05) is 23.6 Å². The van der Waals surface area contributed by atoms with Crippen LogP contribution in [0.1, 0.15) is 11.1 Å². The molecule has 1 aromatic heterocycles. The predicted molar refractivity (Wildman–Crippen MR) is 88.3 cm³/mol. The lowest BCUT2D eigenvalue weighted by atomic mass is 10.1. The Bertz CT molecular complexity index is 749. The average Bonchev–Trinajstić information content (AvgIpc) is 2.96. The average molecular weight is 293 g/mol. The summed E-state index contributed by atoms with van der Waals surface area (Å²) in [5.74, 6) is -0.0298. The third-order valence-corrected chi connectivity index (χ3v) is 3.64. The summed E-state index contributed by atoms with van der Waals surface area (Å²) < 4.78 is 0. The van der Waals surface area contributed by atoms with E-state index >= 15 is 0 Å². The number of carbonyl (C=O) groups excluding carboxylic acids is 1. The lowest BCUT2D eigenvalue weighted by molar-refractivity contribution is -0.121. The van der Waals surface area contributed by atoms with E-state index in [0.29, 0.717) is 13.0 Å². The van der Waals surface area contributed by atoms with Gasteiger partial charge in [0.25, 0.3) is 0 Å². The summed E-state index contributed by atoms with van der Waals surface area (Å²) in [7, 11) is 0. The van der Waals surface area contributed by atoms with Crippen molar-refractivity contribution in [1.29, 1.82) is 0 Å². The van der Waals surface area contributed by atoms with E-state index in [1.54, 1.807) is 0 Å². The van der Waals surface area contributed by atoms with Gasteiger partial charge in [-0.25, -0.2) is 5.43 Å². The van der Waals surface area contributed by atoms with Crippen molar-refractivity contribution in [3.63, 3.8) is 0 Å². The van der Waals surface area contributed by atoms with Crippen molar-refractivity contribution in [3.8, 4) is 0 Å². The molecule has 0 saturated heterocycles. The molecule has 0 aliphatic heterocycles. The number of fused-ring (bicyclic) bond motifs is 1. The second kappa shape index (κ2) is 6.91. The Kier molecular flexibility index (Phi) is 4.51. The predicted octanol–water partition coefficient (Wildman–Crippen LogP) is 2.57. The minimum Gasteiger partial charge on any atom is -0.361 e. The molecule has 0 spiro atoms. The number of hydrazine groups is 1. The number of benzene rings is 2. The Morgan fingerprint density at radius 1 is 1.00 bits per heavy atom. The van der Waals surface area contributed by atoms with Crippen molar-refractivity contribution in [2.75, 3.05) is 6.54 Å². The first-order valence-corrected chi connectivity index (χ1v) is 7.43. The van der Waals surface area contributed by atoms with Crippen LogP contribution < -0.4 is 10.9 Å². The Morgan fingerprint density at radius 2 is 1.77 bits per heavy atom. The number of nitrogens with one attached hydrogen (secondary N) is 3. The number of rotatable bonds is 6. The van der Waals surface area contributed by atoms with Crippen LogP contribution in [0.2, 0.25) is 0 Å². The van der Waals surface area contributed by atoms with Crippen LogP contribution >= 0.6 is 0 Å². The van der Waals surface area contributed by atoms with E-state index in [9.17, 15) is 4.79 Å². The van der Waals surface area contributed by atoms with E-state index in [0.717, 1.165) is 22.9 Å². The molecule has 0 radical (unpaired) electrons. The van der Waals surface area contributed by atoms with Crippen LogP contribution in [0.25, 0.3) is 10.9 Å². The van der Waals surface area contributed by atoms with Gasteiger partial charge in [-0.1, -0.05) is 48.5 Å². The largest absolute Gasteiger partial charge is 0.361 e. The van der Waals surface area contributed by atoms with Crippen molar-refractivity contribution in [3.05, 3.63) is 71.9 Å². The zero-order valence-corrected chi connectivity index (χ0v) is 12.3. The van der Waals surface area contributed by atoms with Gasteiger partial charge in [0.1, 0.15) is 0 Å². The van der Waals surface area contributed by atoms with Crippen molar-refractivity contribution in [1.82, 2.24) is 15.8 Å². The summed E-state index contributed by atoms with van der Waals surface area (Å²) in [5, 5.41) is 1.10. The monoisotopic (exact) mass is 293 g/mol. The van der Waals surface area contributed by atoms with Gasteiger partial charge >= 0.3 is 0 Å². The lowest BCUT2D eigenvalue weighted by Gasteiger charge is -2.07.